The third kappa shape index (κ3) is 3.62. The maximum atomic E-state index is 13.6. The van der Waals surface area contributed by atoms with E-state index in [1.54, 1.807) is 6.07 Å². The van der Waals surface area contributed by atoms with Gasteiger partial charge >= 0.3 is 0 Å². The van der Waals surface area contributed by atoms with Crippen LogP contribution >= 0.6 is 11.3 Å². The van der Waals surface area contributed by atoms with Crippen LogP contribution in [-0.2, 0) is 0 Å². The first-order valence-corrected chi connectivity index (χ1v) is 10.1. The summed E-state index contributed by atoms with van der Waals surface area (Å²) in [6.07, 6.45) is 0. The van der Waals surface area contributed by atoms with Crippen LogP contribution in [0, 0.1) is 19.7 Å². The highest BCUT2D eigenvalue weighted by molar-refractivity contribution is 7.12. The predicted octanol–water partition coefficient (Wildman–Crippen LogP) is 3.92. The fourth-order valence-electron chi connectivity index (χ4n) is 3.36. The van der Waals surface area contributed by atoms with Crippen LogP contribution in [0.3, 0.4) is 0 Å². The Morgan fingerprint density at radius 2 is 1.86 bits per heavy atom. The number of piperazine rings is 1. The van der Waals surface area contributed by atoms with E-state index in [0.717, 1.165) is 22.0 Å². The number of nitrogens with zero attached hydrogens (tertiary/aromatic N) is 4. The normalized spacial score (nSPS) is 14.4. The largest absolute Gasteiger partial charge is 0.353 e. The molecule has 0 bridgehead atoms. The zero-order valence-electron chi connectivity index (χ0n) is 15.9. The van der Waals surface area contributed by atoms with Crippen molar-refractivity contribution in [2.45, 2.75) is 13.8 Å². The van der Waals surface area contributed by atoms with E-state index in [1.165, 1.54) is 23.5 Å². The molecule has 1 fully saturated rings. The van der Waals surface area contributed by atoms with E-state index in [1.807, 2.05) is 42.3 Å². The van der Waals surface area contributed by atoms with Gasteiger partial charge in [0.15, 0.2) is 5.82 Å². The SMILES string of the molecule is Cc1nc(-c2cccc(F)c2)nc(N2CCN(C(=O)c3cccs3)CC2)c1C. The predicted molar refractivity (Wildman–Crippen MR) is 109 cm³/mol. The second-order valence-electron chi connectivity index (χ2n) is 6.85. The summed E-state index contributed by atoms with van der Waals surface area (Å²) in [5.74, 6) is 1.16. The lowest BCUT2D eigenvalue weighted by Crippen LogP contribution is -2.49. The summed E-state index contributed by atoms with van der Waals surface area (Å²) in [4.78, 5) is 26.7. The molecule has 3 aromatic rings. The molecule has 0 unspecified atom stereocenters. The summed E-state index contributed by atoms with van der Waals surface area (Å²) in [5.41, 5.74) is 2.55. The number of hydrogen-bond donors (Lipinski definition) is 0. The molecule has 1 amide bonds. The first kappa shape index (κ1) is 18.6. The monoisotopic (exact) mass is 396 g/mol. The molecule has 7 heteroatoms. The number of hydrogen-bond acceptors (Lipinski definition) is 5. The molecule has 1 aliphatic rings. The zero-order chi connectivity index (χ0) is 19.7. The first-order valence-electron chi connectivity index (χ1n) is 9.22. The minimum Gasteiger partial charge on any atom is -0.353 e. The summed E-state index contributed by atoms with van der Waals surface area (Å²) in [5, 5.41) is 1.92. The highest BCUT2D eigenvalue weighted by Crippen LogP contribution is 2.26. The van der Waals surface area contributed by atoms with E-state index in [9.17, 15) is 9.18 Å². The third-order valence-electron chi connectivity index (χ3n) is 5.04. The summed E-state index contributed by atoms with van der Waals surface area (Å²) in [7, 11) is 0. The fourth-order valence-corrected chi connectivity index (χ4v) is 4.05. The van der Waals surface area contributed by atoms with Gasteiger partial charge in [0, 0.05) is 43.0 Å². The van der Waals surface area contributed by atoms with Crippen molar-refractivity contribution >= 4 is 23.1 Å². The number of halogens is 1. The Labute approximate surface area is 167 Å². The molecule has 1 aromatic carbocycles. The topological polar surface area (TPSA) is 49.3 Å². The average Bonchev–Trinajstić information content (AvgIpc) is 3.24. The van der Waals surface area contributed by atoms with E-state index in [0.29, 0.717) is 37.6 Å². The quantitative estimate of drug-likeness (QED) is 0.673. The van der Waals surface area contributed by atoms with E-state index in [2.05, 4.69) is 9.88 Å². The van der Waals surface area contributed by atoms with Crippen LogP contribution in [0.25, 0.3) is 11.4 Å². The Kier molecular flexibility index (Phi) is 5.09. The molecule has 0 N–H and O–H groups in total. The standard InChI is InChI=1S/C21H21FN4OS/c1-14-15(2)23-19(16-5-3-6-17(22)13-16)24-20(14)25-8-10-26(11-9-25)21(27)18-7-4-12-28-18/h3-7,12-13H,8-11H2,1-2H3. The van der Waals surface area contributed by atoms with Crippen molar-refractivity contribution < 1.29 is 9.18 Å². The maximum Gasteiger partial charge on any atom is 0.264 e. The number of carbonyl (C=O) groups excluding carboxylic acids is 1. The molecule has 1 aliphatic heterocycles. The lowest BCUT2D eigenvalue weighted by atomic mass is 10.1. The number of aromatic nitrogens is 2. The van der Waals surface area contributed by atoms with Crippen LogP contribution in [0.2, 0.25) is 0 Å². The van der Waals surface area contributed by atoms with Crippen molar-refractivity contribution in [3.8, 4) is 11.4 Å². The molecular formula is C21H21FN4OS. The lowest BCUT2D eigenvalue weighted by molar-refractivity contribution is 0.0751. The molecule has 0 aliphatic carbocycles. The third-order valence-corrected chi connectivity index (χ3v) is 5.90. The zero-order valence-corrected chi connectivity index (χ0v) is 16.7. The van der Waals surface area contributed by atoms with Crippen molar-refractivity contribution in [3.63, 3.8) is 0 Å². The van der Waals surface area contributed by atoms with Crippen LogP contribution in [-0.4, -0.2) is 47.0 Å². The second-order valence-corrected chi connectivity index (χ2v) is 7.80. The second kappa shape index (κ2) is 7.67. The van der Waals surface area contributed by atoms with Gasteiger partial charge in [-0.3, -0.25) is 4.79 Å². The smallest absolute Gasteiger partial charge is 0.264 e. The van der Waals surface area contributed by atoms with Crippen molar-refractivity contribution in [2.75, 3.05) is 31.1 Å². The molecule has 5 nitrogen and oxygen atoms in total. The van der Waals surface area contributed by atoms with E-state index in [-0.39, 0.29) is 11.7 Å². The van der Waals surface area contributed by atoms with Crippen LogP contribution in [0.4, 0.5) is 10.2 Å². The van der Waals surface area contributed by atoms with Gasteiger partial charge in [-0.25, -0.2) is 14.4 Å². The molecule has 0 saturated carbocycles. The van der Waals surface area contributed by atoms with Gasteiger partial charge in [-0.1, -0.05) is 18.2 Å². The van der Waals surface area contributed by atoms with Gasteiger partial charge in [0.25, 0.3) is 5.91 Å². The van der Waals surface area contributed by atoms with Crippen LogP contribution in [0.1, 0.15) is 20.9 Å². The summed E-state index contributed by atoms with van der Waals surface area (Å²) in [6, 6.07) is 10.1. The summed E-state index contributed by atoms with van der Waals surface area (Å²) >= 11 is 1.47. The van der Waals surface area contributed by atoms with Crippen molar-refractivity contribution in [1.82, 2.24) is 14.9 Å². The van der Waals surface area contributed by atoms with Gasteiger partial charge in [0.2, 0.25) is 0 Å². The van der Waals surface area contributed by atoms with Crippen LogP contribution in [0.5, 0.6) is 0 Å². The number of aryl methyl sites for hydroxylation is 1. The minimum atomic E-state index is -0.304. The van der Waals surface area contributed by atoms with Crippen LogP contribution < -0.4 is 4.90 Å². The van der Waals surface area contributed by atoms with Crippen molar-refractivity contribution in [2.24, 2.45) is 0 Å². The van der Waals surface area contributed by atoms with Gasteiger partial charge < -0.3 is 9.80 Å². The van der Waals surface area contributed by atoms with Crippen molar-refractivity contribution in [3.05, 3.63) is 63.7 Å². The number of rotatable bonds is 3. The van der Waals surface area contributed by atoms with Gasteiger partial charge in [0.05, 0.1) is 4.88 Å². The Bertz CT molecular complexity index is 998. The summed E-state index contributed by atoms with van der Waals surface area (Å²) in [6.45, 7) is 6.65. The van der Waals surface area contributed by atoms with Gasteiger partial charge in [-0.05, 0) is 37.4 Å². The maximum absolute atomic E-state index is 13.6. The fraction of sp³-hybridized carbons (Fsp3) is 0.286. The highest BCUT2D eigenvalue weighted by Gasteiger charge is 2.25. The molecule has 1 saturated heterocycles. The molecule has 144 valence electrons. The Balaban J connectivity index is 1.56. The van der Waals surface area contributed by atoms with Crippen LogP contribution in [0.15, 0.2) is 41.8 Å². The molecule has 4 rings (SSSR count). The van der Waals surface area contributed by atoms with Gasteiger partial charge in [0.1, 0.15) is 11.6 Å². The minimum absolute atomic E-state index is 0.0886. The number of benzene rings is 1. The molecule has 0 spiro atoms. The number of anilines is 1. The van der Waals surface area contributed by atoms with E-state index in [4.69, 9.17) is 4.98 Å². The number of carbonyl (C=O) groups is 1. The number of amides is 1. The average molecular weight is 396 g/mol. The Morgan fingerprint density at radius 1 is 1.07 bits per heavy atom. The Morgan fingerprint density at radius 3 is 2.54 bits per heavy atom. The highest BCUT2D eigenvalue weighted by atomic mass is 32.1. The number of thiophene rings is 1. The Hall–Kier alpha value is -2.80. The molecular weight excluding hydrogens is 375 g/mol. The molecule has 2 aromatic heterocycles. The summed E-state index contributed by atoms with van der Waals surface area (Å²) < 4.78 is 13.6. The lowest BCUT2D eigenvalue weighted by Gasteiger charge is -2.36. The molecule has 0 radical (unpaired) electrons. The first-order chi connectivity index (χ1) is 13.5. The molecule has 0 atom stereocenters. The molecule has 28 heavy (non-hydrogen) atoms. The van der Waals surface area contributed by atoms with E-state index >= 15 is 0 Å². The van der Waals surface area contributed by atoms with Gasteiger partial charge in [-0.15, -0.1) is 11.3 Å². The van der Waals surface area contributed by atoms with E-state index < -0.39 is 0 Å². The molecule has 3 heterocycles. The van der Waals surface area contributed by atoms with Gasteiger partial charge in [-0.2, -0.15) is 0 Å². The van der Waals surface area contributed by atoms with Crippen molar-refractivity contribution in [1.29, 1.82) is 0 Å².